The molecular formula is C62H112O6. The summed E-state index contributed by atoms with van der Waals surface area (Å²) in [7, 11) is 0. The van der Waals surface area contributed by atoms with Crippen molar-refractivity contribution in [2.24, 2.45) is 0 Å². The molecule has 1 unspecified atom stereocenters. The molecule has 0 aliphatic rings. The zero-order valence-electron chi connectivity index (χ0n) is 45.4. The molecule has 6 nitrogen and oxygen atoms in total. The maximum atomic E-state index is 12.8. The van der Waals surface area contributed by atoms with E-state index in [1.165, 1.54) is 199 Å². The molecule has 1 atom stereocenters. The average Bonchev–Trinajstić information content (AvgIpc) is 3.34. The Hall–Kier alpha value is -2.63. The van der Waals surface area contributed by atoms with Crippen molar-refractivity contribution < 1.29 is 28.6 Å². The third-order valence-corrected chi connectivity index (χ3v) is 13.1. The van der Waals surface area contributed by atoms with E-state index in [9.17, 15) is 14.4 Å². The van der Waals surface area contributed by atoms with Gasteiger partial charge in [0.1, 0.15) is 13.2 Å². The lowest BCUT2D eigenvalue weighted by molar-refractivity contribution is -0.167. The first-order valence-corrected chi connectivity index (χ1v) is 29.6. The second kappa shape index (κ2) is 57.0. The standard InChI is InChI=1S/C62H112O6/c1-4-7-10-13-16-18-20-22-24-26-27-28-29-30-31-32-33-34-35-37-38-40-42-44-46-49-52-55-61(64)67-58-59(57-66-60(63)54-51-48-15-12-9-6-3)68-62(65)56-53-50-47-45-43-41-39-36-25-23-21-19-17-14-11-8-5-2/h20,22-23,25-27,29-30,59H,4-19,21,24,28,31-58H2,1-3H3/b22-20-,25-23-,27-26-,30-29-. The molecule has 6 heteroatoms. The van der Waals surface area contributed by atoms with Crippen LogP contribution in [0.4, 0.5) is 0 Å². The molecule has 0 heterocycles. The van der Waals surface area contributed by atoms with Crippen LogP contribution >= 0.6 is 0 Å². The number of allylic oxidation sites excluding steroid dienone is 8. The van der Waals surface area contributed by atoms with Crippen LogP contribution in [0.15, 0.2) is 48.6 Å². The number of carbonyl (C=O) groups is 3. The SMILES string of the molecule is CCCCCCC/C=C\C/C=C\C/C=C\CCCCCCCCCCCCCCC(=O)OCC(COC(=O)CCCCCCCC)OC(=O)CCCCCCCCC/C=C\CCCCCCCC. The summed E-state index contributed by atoms with van der Waals surface area (Å²) in [5.41, 5.74) is 0. The molecule has 396 valence electrons. The maximum Gasteiger partial charge on any atom is 0.306 e. The Morgan fingerprint density at radius 1 is 0.294 bits per heavy atom. The number of esters is 3. The molecule has 0 radical (unpaired) electrons. The highest BCUT2D eigenvalue weighted by Gasteiger charge is 2.19. The van der Waals surface area contributed by atoms with E-state index in [4.69, 9.17) is 14.2 Å². The quantitative estimate of drug-likeness (QED) is 0.0262. The normalized spacial score (nSPS) is 12.3. The predicted molar refractivity (Wildman–Crippen MR) is 293 cm³/mol. The minimum Gasteiger partial charge on any atom is -0.462 e. The second-order valence-electron chi connectivity index (χ2n) is 19.9. The minimum atomic E-state index is -0.771. The first-order chi connectivity index (χ1) is 33.5. The van der Waals surface area contributed by atoms with Crippen molar-refractivity contribution in [1.29, 1.82) is 0 Å². The van der Waals surface area contributed by atoms with Crippen LogP contribution in [0.2, 0.25) is 0 Å². The largest absolute Gasteiger partial charge is 0.462 e. The average molecular weight is 954 g/mol. The molecule has 0 aromatic heterocycles. The number of carbonyl (C=O) groups excluding carboxylic acids is 3. The molecule has 0 N–H and O–H groups in total. The van der Waals surface area contributed by atoms with Gasteiger partial charge in [0.2, 0.25) is 0 Å². The van der Waals surface area contributed by atoms with E-state index in [2.05, 4.69) is 69.4 Å². The number of hydrogen-bond acceptors (Lipinski definition) is 6. The summed E-state index contributed by atoms with van der Waals surface area (Å²) in [4.78, 5) is 37.9. The summed E-state index contributed by atoms with van der Waals surface area (Å²) in [6.45, 7) is 6.59. The van der Waals surface area contributed by atoms with Gasteiger partial charge in [0.05, 0.1) is 0 Å². The van der Waals surface area contributed by atoms with Gasteiger partial charge in [-0.05, 0) is 83.5 Å². The summed E-state index contributed by atoms with van der Waals surface area (Å²) in [5, 5.41) is 0. The number of hydrogen-bond donors (Lipinski definition) is 0. The van der Waals surface area contributed by atoms with Crippen molar-refractivity contribution >= 4 is 17.9 Å². The molecule has 0 aliphatic heterocycles. The van der Waals surface area contributed by atoms with Crippen LogP contribution in [0.3, 0.4) is 0 Å². The maximum absolute atomic E-state index is 12.8. The molecule has 0 fully saturated rings. The van der Waals surface area contributed by atoms with E-state index in [1.54, 1.807) is 0 Å². The van der Waals surface area contributed by atoms with Gasteiger partial charge in [-0.1, -0.05) is 256 Å². The summed E-state index contributed by atoms with van der Waals surface area (Å²) in [5.74, 6) is -0.877. The molecule has 0 bridgehead atoms. The van der Waals surface area contributed by atoms with Crippen LogP contribution in [0, 0.1) is 0 Å². The molecular weight excluding hydrogens is 841 g/mol. The van der Waals surface area contributed by atoms with Crippen molar-refractivity contribution in [1.82, 2.24) is 0 Å². The number of ether oxygens (including phenoxy) is 3. The van der Waals surface area contributed by atoms with Gasteiger partial charge >= 0.3 is 17.9 Å². The third kappa shape index (κ3) is 54.3. The fraction of sp³-hybridized carbons (Fsp3) is 0.823. The molecule has 0 rings (SSSR count). The van der Waals surface area contributed by atoms with E-state index in [-0.39, 0.29) is 31.1 Å². The van der Waals surface area contributed by atoms with Crippen molar-refractivity contribution in [3.8, 4) is 0 Å². The van der Waals surface area contributed by atoms with Crippen molar-refractivity contribution in [2.75, 3.05) is 13.2 Å². The van der Waals surface area contributed by atoms with Crippen molar-refractivity contribution in [3.63, 3.8) is 0 Å². The highest BCUT2D eigenvalue weighted by atomic mass is 16.6. The molecule has 0 spiro atoms. The number of rotatable bonds is 54. The van der Waals surface area contributed by atoms with Crippen LogP contribution in [0.1, 0.15) is 310 Å². The lowest BCUT2D eigenvalue weighted by Crippen LogP contribution is -2.30. The van der Waals surface area contributed by atoms with Crippen molar-refractivity contribution in [3.05, 3.63) is 48.6 Å². The van der Waals surface area contributed by atoms with Gasteiger partial charge in [0.25, 0.3) is 0 Å². The first-order valence-electron chi connectivity index (χ1n) is 29.6. The van der Waals surface area contributed by atoms with Crippen LogP contribution in [-0.4, -0.2) is 37.2 Å². The molecule has 0 aromatic carbocycles. The van der Waals surface area contributed by atoms with Gasteiger partial charge in [-0.15, -0.1) is 0 Å². The van der Waals surface area contributed by atoms with E-state index in [0.29, 0.717) is 19.3 Å². The van der Waals surface area contributed by atoms with Gasteiger partial charge in [-0.25, -0.2) is 0 Å². The third-order valence-electron chi connectivity index (χ3n) is 13.1. The molecule has 0 saturated heterocycles. The second-order valence-corrected chi connectivity index (χ2v) is 19.9. The van der Waals surface area contributed by atoms with Gasteiger partial charge in [-0.3, -0.25) is 14.4 Å². The Balaban J connectivity index is 4.08. The topological polar surface area (TPSA) is 78.9 Å². The highest BCUT2D eigenvalue weighted by molar-refractivity contribution is 5.71. The zero-order chi connectivity index (χ0) is 49.3. The summed E-state index contributed by atoms with van der Waals surface area (Å²) in [6, 6.07) is 0. The Kier molecular flexibility index (Phi) is 54.8. The first kappa shape index (κ1) is 65.4. The molecule has 68 heavy (non-hydrogen) atoms. The molecule has 0 aliphatic carbocycles. The van der Waals surface area contributed by atoms with Gasteiger partial charge in [0, 0.05) is 19.3 Å². The summed E-state index contributed by atoms with van der Waals surface area (Å²) >= 11 is 0. The van der Waals surface area contributed by atoms with Crippen LogP contribution in [0.25, 0.3) is 0 Å². The smallest absolute Gasteiger partial charge is 0.306 e. The summed E-state index contributed by atoms with van der Waals surface area (Å²) < 4.78 is 16.8. The van der Waals surface area contributed by atoms with Gasteiger partial charge in [0.15, 0.2) is 6.10 Å². The van der Waals surface area contributed by atoms with E-state index >= 15 is 0 Å². The van der Waals surface area contributed by atoms with Gasteiger partial charge in [-0.2, -0.15) is 0 Å². The van der Waals surface area contributed by atoms with Gasteiger partial charge < -0.3 is 14.2 Å². The molecule has 0 saturated carbocycles. The number of unbranched alkanes of at least 4 members (excludes halogenated alkanes) is 35. The monoisotopic (exact) mass is 953 g/mol. The van der Waals surface area contributed by atoms with Crippen molar-refractivity contribution in [2.45, 2.75) is 316 Å². The van der Waals surface area contributed by atoms with E-state index in [1.807, 2.05) is 0 Å². The Morgan fingerprint density at radius 3 is 0.838 bits per heavy atom. The Bertz CT molecular complexity index is 1190. The highest BCUT2D eigenvalue weighted by Crippen LogP contribution is 2.16. The predicted octanol–water partition coefficient (Wildman–Crippen LogP) is 19.8. The fourth-order valence-corrected chi connectivity index (χ4v) is 8.56. The molecule has 0 aromatic rings. The fourth-order valence-electron chi connectivity index (χ4n) is 8.56. The van der Waals surface area contributed by atoms with E-state index in [0.717, 1.165) is 70.6 Å². The van der Waals surface area contributed by atoms with Crippen LogP contribution < -0.4 is 0 Å². The van der Waals surface area contributed by atoms with E-state index < -0.39 is 6.10 Å². The lowest BCUT2D eigenvalue weighted by atomic mass is 10.0. The Morgan fingerprint density at radius 2 is 0.529 bits per heavy atom. The van der Waals surface area contributed by atoms with Crippen LogP contribution in [0.5, 0.6) is 0 Å². The molecule has 0 amide bonds. The Labute approximate surface area is 422 Å². The lowest BCUT2D eigenvalue weighted by Gasteiger charge is -2.18. The minimum absolute atomic E-state index is 0.0736. The zero-order valence-corrected chi connectivity index (χ0v) is 45.4. The summed E-state index contributed by atoms with van der Waals surface area (Å²) in [6.07, 6.45) is 70.0. The van der Waals surface area contributed by atoms with Crippen LogP contribution in [-0.2, 0) is 28.6 Å².